The van der Waals surface area contributed by atoms with Gasteiger partial charge in [0.2, 0.25) is 5.91 Å². The zero-order valence-corrected chi connectivity index (χ0v) is 14.1. The quantitative estimate of drug-likeness (QED) is 0.805. The van der Waals surface area contributed by atoms with Crippen LogP contribution in [0.25, 0.3) is 0 Å². The van der Waals surface area contributed by atoms with Crippen LogP contribution < -0.4 is 9.80 Å². The third kappa shape index (κ3) is 2.20. The van der Waals surface area contributed by atoms with E-state index in [1.807, 2.05) is 40.1 Å². The largest absolute Gasteiger partial charge is 0.312 e. The molecule has 0 aromatic heterocycles. The molecule has 4 nitrogen and oxygen atoms in total. The molecule has 0 unspecified atom stereocenters. The van der Waals surface area contributed by atoms with Crippen molar-refractivity contribution in [2.45, 2.75) is 32.1 Å². The normalized spacial score (nSPS) is 18.2. The number of amides is 2. The van der Waals surface area contributed by atoms with Gasteiger partial charge < -0.3 is 9.80 Å². The minimum absolute atomic E-state index is 0.0580. The molecule has 3 aliphatic heterocycles. The van der Waals surface area contributed by atoms with Crippen LogP contribution >= 0.6 is 0 Å². The predicted octanol–water partition coefficient (Wildman–Crippen LogP) is 3.11. The van der Waals surface area contributed by atoms with Crippen molar-refractivity contribution in [2.24, 2.45) is 0 Å². The summed E-state index contributed by atoms with van der Waals surface area (Å²) in [6, 6.07) is 12.1. The van der Waals surface area contributed by atoms with Crippen LogP contribution in [0.2, 0.25) is 0 Å². The van der Waals surface area contributed by atoms with Crippen LogP contribution in [0.15, 0.2) is 36.4 Å². The van der Waals surface area contributed by atoms with Crippen molar-refractivity contribution in [1.82, 2.24) is 0 Å². The lowest BCUT2D eigenvalue weighted by atomic mass is 9.95. The topological polar surface area (TPSA) is 40.6 Å². The lowest BCUT2D eigenvalue weighted by molar-refractivity contribution is -0.117. The molecule has 3 heterocycles. The van der Waals surface area contributed by atoms with Crippen molar-refractivity contribution < 1.29 is 9.59 Å². The molecule has 4 heteroatoms. The summed E-state index contributed by atoms with van der Waals surface area (Å²) < 4.78 is 0. The maximum Gasteiger partial charge on any atom is 0.258 e. The fraction of sp³-hybridized carbons (Fsp3) is 0.333. The molecule has 0 aliphatic carbocycles. The van der Waals surface area contributed by atoms with Crippen LogP contribution in [-0.2, 0) is 24.1 Å². The van der Waals surface area contributed by atoms with E-state index in [4.69, 9.17) is 0 Å². The molecule has 126 valence electrons. The number of fused-ring (bicyclic) bond motifs is 1. The number of para-hydroxylation sites is 1. The molecule has 0 saturated heterocycles. The first-order valence-electron chi connectivity index (χ1n) is 9.08. The number of hydrogen-bond donors (Lipinski definition) is 0. The summed E-state index contributed by atoms with van der Waals surface area (Å²) in [5, 5.41) is 0. The van der Waals surface area contributed by atoms with Crippen LogP contribution in [0.4, 0.5) is 11.4 Å². The third-order valence-corrected chi connectivity index (χ3v) is 5.61. The molecule has 2 amide bonds. The van der Waals surface area contributed by atoms with E-state index in [2.05, 4.69) is 6.07 Å². The van der Waals surface area contributed by atoms with E-state index < -0.39 is 0 Å². The van der Waals surface area contributed by atoms with E-state index in [0.717, 1.165) is 66.8 Å². The van der Waals surface area contributed by atoms with Gasteiger partial charge in [0.25, 0.3) is 5.91 Å². The SMILES string of the molecule is O=C(c1cc2c3c(c1)CC(=O)N3CCC2)N1CCCc2ccccc21. The first-order valence-corrected chi connectivity index (χ1v) is 9.08. The van der Waals surface area contributed by atoms with Crippen LogP contribution in [0.1, 0.15) is 39.9 Å². The first kappa shape index (κ1) is 14.7. The van der Waals surface area contributed by atoms with Crippen molar-refractivity contribution in [3.05, 3.63) is 58.7 Å². The lowest BCUT2D eigenvalue weighted by Crippen LogP contribution is -2.35. The highest BCUT2D eigenvalue weighted by Crippen LogP contribution is 2.38. The molecule has 5 rings (SSSR count). The van der Waals surface area contributed by atoms with E-state index in [1.54, 1.807) is 0 Å². The van der Waals surface area contributed by atoms with Gasteiger partial charge in [0.05, 0.1) is 12.1 Å². The Hall–Kier alpha value is -2.62. The second kappa shape index (κ2) is 5.45. The van der Waals surface area contributed by atoms with Gasteiger partial charge in [-0.25, -0.2) is 0 Å². The van der Waals surface area contributed by atoms with Gasteiger partial charge in [-0.05, 0) is 60.6 Å². The number of benzene rings is 2. The summed E-state index contributed by atoms with van der Waals surface area (Å²) in [7, 11) is 0. The van der Waals surface area contributed by atoms with Gasteiger partial charge in [-0.2, -0.15) is 0 Å². The second-order valence-corrected chi connectivity index (χ2v) is 7.16. The van der Waals surface area contributed by atoms with Crippen molar-refractivity contribution in [1.29, 1.82) is 0 Å². The van der Waals surface area contributed by atoms with Crippen LogP contribution in [-0.4, -0.2) is 24.9 Å². The standard InChI is InChI=1S/C21H20N2O2/c24-19-13-16-12-17(11-15-7-4-10-23(19)20(15)16)21(25)22-9-3-6-14-5-1-2-8-18(14)22/h1-2,5,8,11-12H,3-4,6-7,9-10,13H2. The highest BCUT2D eigenvalue weighted by Gasteiger charge is 2.34. The molecule has 2 aromatic rings. The van der Waals surface area contributed by atoms with Gasteiger partial charge in [0.15, 0.2) is 0 Å². The number of hydrogen-bond acceptors (Lipinski definition) is 2. The monoisotopic (exact) mass is 332 g/mol. The summed E-state index contributed by atoms with van der Waals surface area (Å²) in [4.78, 5) is 29.3. The average Bonchev–Trinajstić information content (AvgIpc) is 2.98. The minimum atomic E-state index is 0.0580. The molecule has 2 aromatic carbocycles. The second-order valence-electron chi connectivity index (χ2n) is 7.16. The molecule has 0 saturated carbocycles. The third-order valence-electron chi connectivity index (χ3n) is 5.61. The van der Waals surface area contributed by atoms with Gasteiger partial charge in [-0.1, -0.05) is 18.2 Å². The average molecular weight is 332 g/mol. The smallest absolute Gasteiger partial charge is 0.258 e. The number of aryl methyl sites for hydroxylation is 2. The fourth-order valence-corrected chi connectivity index (χ4v) is 4.50. The van der Waals surface area contributed by atoms with E-state index in [-0.39, 0.29) is 11.8 Å². The molecular weight excluding hydrogens is 312 g/mol. The van der Waals surface area contributed by atoms with Gasteiger partial charge >= 0.3 is 0 Å². The Labute approximate surface area is 147 Å². The van der Waals surface area contributed by atoms with Gasteiger partial charge in [-0.3, -0.25) is 9.59 Å². The van der Waals surface area contributed by atoms with Crippen LogP contribution in [0.5, 0.6) is 0 Å². The Morgan fingerprint density at radius 3 is 2.60 bits per heavy atom. The minimum Gasteiger partial charge on any atom is -0.312 e. The molecule has 3 aliphatic rings. The number of anilines is 2. The Kier molecular flexibility index (Phi) is 3.20. The van der Waals surface area contributed by atoms with E-state index >= 15 is 0 Å². The molecule has 25 heavy (non-hydrogen) atoms. The van der Waals surface area contributed by atoms with Gasteiger partial charge in [-0.15, -0.1) is 0 Å². The Morgan fingerprint density at radius 1 is 0.920 bits per heavy atom. The van der Waals surface area contributed by atoms with E-state index in [1.165, 1.54) is 5.56 Å². The van der Waals surface area contributed by atoms with E-state index in [0.29, 0.717) is 6.42 Å². The summed E-state index contributed by atoms with van der Waals surface area (Å²) >= 11 is 0. The Balaban J connectivity index is 1.56. The van der Waals surface area contributed by atoms with Crippen molar-refractivity contribution in [3.63, 3.8) is 0 Å². The fourth-order valence-electron chi connectivity index (χ4n) is 4.50. The number of carbonyl (C=O) groups excluding carboxylic acids is 2. The maximum absolute atomic E-state index is 13.2. The van der Waals surface area contributed by atoms with Gasteiger partial charge in [0, 0.05) is 24.3 Å². The zero-order chi connectivity index (χ0) is 17.0. The van der Waals surface area contributed by atoms with Crippen LogP contribution in [0, 0.1) is 0 Å². The highest BCUT2D eigenvalue weighted by molar-refractivity contribution is 6.09. The van der Waals surface area contributed by atoms with Crippen molar-refractivity contribution >= 4 is 23.2 Å². The zero-order valence-electron chi connectivity index (χ0n) is 14.1. The molecule has 0 N–H and O–H groups in total. The molecule has 0 bridgehead atoms. The summed E-state index contributed by atoms with van der Waals surface area (Å²) in [6.07, 6.45) is 4.37. The lowest BCUT2D eigenvalue weighted by Gasteiger charge is -2.30. The Morgan fingerprint density at radius 2 is 1.68 bits per heavy atom. The van der Waals surface area contributed by atoms with E-state index in [9.17, 15) is 9.59 Å². The summed E-state index contributed by atoms with van der Waals surface area (Å²) in [5.41, 5.74) is 6.25. The van der Waals surface area contributed by atoms with Crippen molar-refractivity contribution in [2.75, 3.05) is 22.9 Å². The number of rotatable bonds is 1. The molecule has 0 atom stereocenters. The predicted molar refractivity (Wildman–Crippen MR) is 97.3 cm³/mol. The molecule has 0 spiro atoms. The highest BCUT2D eigenvalue weighted by atomic mass is 16.2. The summed E-state index contributed by atoms with van der Waals surface area (Å²) in [5.74, 6) is 0.228. The van der Waals surface area contributed by atoms with Gasteiger partial charge in [0.1, 0.15) is 0 Å². The summed E-state index contributed by atoms with van der Waals surface area (Å²) in [6.45, 7) is 1.57. The maximum atomic E-state index is 13.2. The molecule has 0 fully saturated rings. The molecular formula is C21H20N2O2. The van der Waals surface area contributed by atoms with Crippen molar-refractivity contribution in [3.8, 4) is 0 Å². The molecule has 0 radical (unpaired) electrons. The number of nitrogens with zero attached hydrogens (tertiary/aromatic N) is 2. The Bertz CT molecular complexity index is 903. The first-order chi connectivity index (χ1) is 12.2. The van der Waals surface area contributed by atoms with Crippen LogP contribution in [0.3, 0.4) is 0 Å². The number of carbonyl (C=O) groups is 2.